The van der Waals surface area contributed by atoms with Gasteiger partial charge in [-0.25, -0.2) is 9.78 Å². The number of carbonyl (C=O) groups excluding carboxylic acids is 2. The SMILES string of the molecule is Cc1[nH]c(C(=O)N[C@H]2[C@@H]3CN(c4nc(CC(=O)Nc5cccc(C(F)(F)F)c5)c(C(=O)O)s4)C[C@@H]32)c(Cl)c1Cl.[LiH]. The summed E-state index contributed by atoms with van der Waals surface area (Å²) in [6, 6.07) is 4.08. The van der Waals surface area contributed by atoms with E-state index in [1.54, 1.807) is 6.92 Å². The van der Waals surface area contributed by atoms with Crippen molar-refractivity contribution in [1.82, 2.24) is 15.3 Å². The molecule has 1 aromatic carbocycles. The maximum absolute atomic E-state index is 12.9. The van der Waals surface area contributed by atoms with Crippen LogP contribution in [0, 0.1) is 18.8 Å². The fourth-order valence-corrected chi connectivity index (χ4v) is 6.10. The number of hydrogen-bond acceptors (Lipinski definition) is 6. The Morgan fingerprint density at radius 3 is 2.45 bits per heavy atom. The molecule has 1 aliphatic heterocycles. The zero-order chi connectivity index (χ0) is 28.2. The number of piperidine rings is 1. The number of halogens is 5. The van der Waals surface area contributed by atoms with Crippen LogP contribution in [0.4, 0.5) is 24.0 Å². The number of aromatic carboxylic acids is 1. The fraction of sp³-hybridized carbons (Fsp3) is 0.333. The number of benzene rings is 1. The van der Waals surface area contributed by atoms with Gasteiger partial charge in [0.2, 0.25) is 5.91 Å². The summed E-state index contributed by atoms with van der Waals surface area (Å²) < 4.78 is 38.8. The first-order valence-electron chi connectivity index (χ1n) is 11.6. The molecular weight excluding hydrogens is 589 g/mol. The van der Waals surface area contributed by atoms with Gasteiger partial charge in [-0.15, -0.1) is 0 Å². The number of carboxylic acids is 1. The number of thiazole rings is 1. The molecule has 4 N–H and O–H groups in total. The average molecular weight is 610 g/mol. The van der Waals surface area contributed by atoms with Gasteiger partial charge in [-0.3, -0.25) is 9.59 Å². The van der Waals surface area contributed by atoms with Gasteiger partial charge in [0.1, 0.15) is 10.6 Å². The molecular formula is C24H21Cl2F3LiN5O4S. The normalized spacial score (nSPS) is 19.6. The monoisotopic (exact) mass is 609 g/mol. The molecule has 1 saturated carbocycles. The Kier molecular flexibility index (Phi) is 8.55. The number of anilines is 2. The van der Waals surface area contributed by atoms with Crippen molar-refractivity contribution in [3.8, 4) is 0 Å². The summed E-state index contributed by atoms with van der Waals surface area (Å²) in [5.41, 5.74) is -0.176. The molecule has 2 aliphatic rings. The number of alkyl halides is 3. The first-order chi connectivity index (χ1) is 18.3. The number of H-pyrrole nitrogens is 1. The molecule has 208 valence electrons. The molecule has 3 heterocycles. The number of aryl methyl sites for hydroxylation is 1. The van der Waals surface area contributed by atoms with Crippen molar-refractivity contribution in [3.05, 3.63) is 61.8 Å². The Morgan fingerprint density at radius 2 is 1.88 bits per heavy atom. The number of rotatable bonds is 7. The molecule has 2 fully saturated rings. The number of aromatic nitrogens is 2. The predicted octanol–water partition coefficient (Wildman–Crippen LogP) is 4.20. The standard InChI is InChI=1S/C24H20Cl2F3N5O4S.Li.H/c1-9-16(25)17(26)19(30-9)21(36)33-18-12-7-34(8-13(12)18)23-32-14(20(39-23)22(37)38)6-15(35)31-11-4-2-3-10(5-11)24(27,28)29;;/h2-5,12-13,18,30H,6-8H2,1H3,(H,31,35)(H,33,36)(H,37,38);;/t12-,13+,18+;;. The van der Waals surface area contributed by atoms with Gasteiger partial charge in [-0.2, -0.15) is 13.2 Å². The molecule has 0 unspecified atom stereocenters. The van der Waals surface area contributed by atoms with Crippen LogP contribution in [-0.2, 0) is 17.4 Å². The van der Waals surface area contributed by atoms with E-state index in [9.17, 15) is 32.7 Å². The molecule has 2 amide bonds. The minimum absolute atomic E-state index is 0. The third-order valence-corrected chi connectivity index (χ3v) is 8.82. The number of fused-ring (bicyclic) bond motifs is 1. The average Bonchev–Trinajstić information content (AvgIpc) is 3.21. The summed E-state index contributed by atoms with van der Waals surface area (Å²) in [5, 5.41) is 15.8. The number of hydrogen-bond donors (Lipinski definition) is 4. The van der Waals surface area contributed by atoms with Crippen molar-refractivity contribution in [2.75, 3.05) is 23.3 Å². The van der Waals surface area contributed by atoms with E-state index >= 15 is 0 Å². The van der Waals surface area contributed by atoms with Gasteiger partial charge in [-0.05, 0) is 25.1 Å². The second-order valence-electron chi connectivity index (χ2n) is 9.37. The number of amides is 2. The summed E-state index contributed by atoms with van der Waals surface area (Å²) >= 11 is 13.1. The van der Waals surface area contributed by atoms with Crippen LogP contribution in [0.2, 0.25) is 10.0 Å². The van der Waals surface area contributed by atoms with Crippen molar-refractivity contribution < 1.29 is 32.7 Å². The maximum atomic E-state index is 12.9. The van der Waals surface area contributed by atoms with Crippen LogP contribution in [0.25, 0.3) is 0 Å². The topological polar surface area (TPSA) is 127 Å². The van der Waals surface area contributed by atoms with Gasteiger partial charge in [0, 0.05) is 42.3 Å². The second-order valence-corrected chi connectivity index (χ2v) is 11.1. The molecule has 40 heavy (non-hydrogen) atoms. The molecule has 0 spiro atoms. The molecule has 1 saturated heterocycles. The van der Waals surface area contributed by atoms with Gasteiger partial charge < -0.3 is 25.6 Å². The molecule has 0 bridgehead atoms. The van der Waals surface area contributed by atoms with E-state index in [2.05, 4.69) is 20.6 Å². The quantitative estimate of drug-likeness (QED) is 0.297. The van der Waals surface area contributed by atoms with Crippen LogP contribution in [0.1, 0.15) is 37.1 Å². The van der Waals surface area contributed by atoms with Crippen molar-refractivity contribution >= 4 is 82.0 Å². The fourth-order valence-electron chi connectivity index (χ4n) is 4.74. The Labute approximate surface area is 251 Å². The van der Waals surface area contributed by atoms with Gasteiger partial charge in [0.25, 0.3) is 5.91 Å². The van der Waals surface area contributed by atoms with E-state index in [4.69, 9.17) is 23.2 Å². The van der Waals surface area contributed by atoms with Crippen LogP contribution in [0.15, 0.2) is 24.3 Å². The number of nitrogens with zero attached hydrogens (tertiary/aromatic N) is 2. The summed E-state index contributed by atoms with van der Waals surface area (Å²) in [5.74, 6) is -2.06. The Bertz CT molecular complexity index is 1490. The van der Waals surface area contributed by atoms with Crippen LogP contribution < -0.4 is 15.5 Å². The van der Waals surface area contributed by atoms with E-state index < -0.39 is 30.0 Å². The van der Waals surface area contributed by atoms with Crippen LogP contribution in [0.5, 0.6) is 0 Å². The molecule has 9 nitrogen and oxygen atoms in total. The number of nitrogens with one attached hydrogen (secondary N) is 3. The Balaban J connectivity index is 0.00000370. The van der Waals surface area contributed by atoms with E-state index in [1.807, 2.05) is 4.90 Å². The zero-order valence-corrected chi connectivity index (χ0v) is 22.4. The first kappa shape index (κ1) is 30.3. The Hall–Kier alpha value is -2.69. The van der Waals surface area contributed by atoms with Crippen molar-refractivity contribution in [3.63, 3.8) is 0 Å². The van der Waals surface area contributed by atoms with Crippen molar-refractivity contribution in [2.45, 2.75) is 25.6 Å². The van der Waals surface area contributed by atoms with Gasteiger partial charge in [-0.1, -0.05) is 40.6 Å². The van der Waals surface area contributed by atoms with Gasteiger partial charge in [0.05, 0.1) is 27.7 Å². The number of aromatic amines is 1. The van der Waals surface area contributed by atoms with E-state index in [0.717, 1.165) is 23.5 Å². The second kappa shape index (κ2) is 11.3. The summed E-state index contributed by atoms with van der Waals surface area (Å²) in [6.07, 6.45) is -4.99. The van der Waals surface area contributed by atoms with E-state index in [1.165, 1.54) is 12.1 Å². The molecule has 2 aromatic heterocycles. The summed E-state index contributed by atoms with van der Waals surface area (Å²) in [6.45, 7) is 2.75. The van der Waals surface area contributed by atoms with Crippen molar-refractivity contribution in [1.29, 1.82) is 0 Å². The number of carbonyl (C=O) groups is 3. The third-order valence-electron chi connectivity index (χ3n) is 6.73. The van der Waals surface area contributed by atoms with Crippen LogP contribution in [0.3, 0.4) is 0 Å². The summed E-state index contributed by atoms with van der Waals surface area (Å²) in [7, 11) is 0. The molecule has 3 aromatic rings. The summed E-state index contributed by atoms with van der Waals surface area (Å²) in [4.78, 5) is 46.0. The van der Waals surface area contributed by atoms with Crippen molar-refractivity contribution in [2.24, 2.45) is 11.8 Å². The van der Waals surface area contributed by atoms with Crippen LogP contribution >= 0.6 is 34.5 Å². The molecule has 1 aliphatic carbocycles. The van der Waals surface area contributed by atoms with E-state index in [0.29, 0.717) is 28.9 Å². The van der Waals surface area contributed by atoms with Gasteiger partial charge >= 0.3 is 31.0 Å². The third kappa shape index (κ3) is 5.99. The molecule has 3 atom stereocenters. The van der Waals surface area contributed by atoms with Crippen LogP contribution in [-0.4, -0.2) is 70.9 Å². The zero-order valence-electron chi connectivity index (χ0n) is 20.0. The Morgan fingerprint density at radius 1 is 1.20 bits per heavy atom. The van der Waals surface area contributed by atoms with E-state index in [-0.39, 0.29) is 69.6 Å². The molecule has 5 rings (SSSR count). The molecule has 0 radical (unpaired) electrons. The first-order valence-corrected chi connectivity index (χ1v) is 13.2. The minimum atomic E-state index is -4.57. The van der Waals surface area contributed by atoms with Gasteiger partial charge in [0.15, 0.2) is 5.13 Å². The predicted molar refractivity (Wildman–Crippen MR) is 146 cm³/mol. The molecule has 16 heteroatoms. The number of carboxylic acid groups (broad SMARTS) is 1.